The molecule has 116 valence electrons. The van der Waals surface area contributed by atoms with Gasteiger partial charge < -0.3 is 10.2 Å². The van der Waals surface area contributed by atoms with Crippen molar-refractivity contribution in [2.24, 2.45) is 0 Å². The van der Waals surface area contributed by atoms with E-state index in [1.165, 1.54) is 0 Å². The van der Waals surface area contributed by atoms with E-state index < -0.39 is 18.6 Å². The lowest BCUT2D eigenvalue weighted by molar-refractivity contribution is -0.142. The summed E-state index contributed by atoms with van der Waals surface area (Å²) in [4.78, 5) is 13.6. The van der Waals surface area contributed by atoms with Crippen LogP contribution >= 0.6 is 0 Å². The molecule has 1 unspecified atom stereocenters. The second-order valence-electron chi connectivity index (χ2n) is 5.25. The number of carbonyl (C=O) groups excluding carboxylic acids is 1. The van der Waals surface area contributed by atoms with E-state index in [0.29, 0.717) is 18.7 Å². The minimum Gasteiger partial charge on any atom is -0.342 e. The molecular weight excluding hydrogens is 281 g/mol. The summed E-state index contributed by atoms with van der Waals surface area (Å²) in [6.45, 7) is 1.35. The van der Waals surface area contributed by atoms with Gasteiger partial charge in [0, 0.05) is 19.1 Å². The number of hydrogen-bond acceptors (Lipinski definition) is 2. The lowest BCUT2D eigenvalue weighted by atomic mass is 10.0. The van der Waals surface area contributed by atoms with Crippen molar-refractivity contribution in [3.63, 3.8) is 0 Å². The highest BCUT2D eigenvalue weighted by atomic mass is 19.4. The molecule has 0 aromatic heterocycles. The van der Waals surface area contributed by atoms with Gasteiger partial charge in [-0.05, 0) is 18.4 Å². The van der Waals surface area contributed by atoms with Crippen molar-refractivity contribution < 1.29 is 18.0 Å². The van der Waals surface area contributed by atoms with Gasteiger partial charge in [-0.25, -0.2) is 0 Å². The molecule has 0 aliphatic carbocycles. The number of nitrogens with one attached hydrogen (secondary N) is 1. The Morgan fingerprint density at radius 2 is 1.81 bits per heavy atom. The molecule has 1 aliphatic heterocycles. The van der Waals surface area contributed by atoms with Crippen LogP contribution < -0.4 is 5.32 Å². The third-order valence-corrected chi connectivity index (χ3v) is 3.60. The van der Waals surface area contributed by atoms with Gasteiger partial charge in [0.2, 0.25) is 5.91 Å². The molecule has 0 saturated carbocycles. The Bertz CT molecular complexity index is 456. The predicted molar refractivity (Wildman–Crippen MR) is 73.7 cm³/mol. The molecule has 0 radical (unpaired) electrons. The van der Waals surface area contributed by atoms with E-state index in [2.05, 4.69) is 5.32 Å². The number of nitrogens with zero attached hydrogens (tertiary/aromatic N) is 1. The van der Waals surface area contributed by atoms with E-state index in [9.17, 15) is 18.0 Å². The number of rotatable bonds is 5. The third-order valence-electron chi connectivity index (χ3n) is 3.60. The molecular formula is C15H19F3N2O. The Balaban J connectivity index is 1.97. The van der Waals surface area contributed by atoms with Crippen LogP contribution in [0.15, 0.2) is 30.3 Å². The van der Waals surface area contributed by atoms with Crippen molar-refractivity contribution in [2.45, 2.75) is 31.5 Å². The fourth-order valence-corrected chi connectivity index (χ4v) is 2.51. The zero-order chi connectivity index (χ0) is 15.3. The number of benzene rings is 1. The summed E-state index contributed by atoms with van der Waals surface area (Å²) in [5, 5.41) is 2.76. The van der Waals surface area contributed by atoms with Crippen molar-refractivity contribution in [2.75, 3.05) is 19.6 Å². The quantitative estimate of drug-likeness (QED) is 0.907. The topological polar surface area (TPSA) is 32.3 Å². The van der Waals surface area contributed by atoms with Crippen LogP contribution in [-0.2, 0) is 4.79 Å². The van der Waals surface area contributed by atoms with Gasteiger partial charge in [-0.15, -0.1) is 0 Å². The Hall–Kier alpha value is -1.56. The Kier molecular flexibility index (Phi) is 5.22. The van der Waals surface area contributed by atoms with E-state index in [-0.39, 0.29) is 12.5 Å². The SMILES string of the molecule is O=C(CNC(CC(F)(F)F)c1ccccc1)N1CCCC1. The molecule has 3 nitrogen and oxygen atoms in total. The Labute approximate surface area is 122 Å². The average molecular weight is 300 g/mol. The van der Waals surface area contributed by atoms with Gasteiger partial charge in [0.05, 0.1) is 13.0 Å². The van der Waals surface area contributed by atoms with Crippen LogP contribution in [-0.4, -0.2) is 36.6 Å². The maximum Gasteiger partial charge on any atom is 0.390 e. The average Bonchev–Trinajstić information content (AvgIpc) is 2.97. The van der Waals surface area contributed by atoms with Gasteiger partial charge in [-0.3, -0.25) is 4.79 Å². The van der Waals surface area contributed by atoms with E-state index in [1.807, 2.05) is 0 Å². The van der Waals surface area contributed by atoms with Gasteiger partial charge in [-0.1, -0.05) is 30.3 Å². The molecule has 1 fully saturated rings. The third kappa shape index (κ3) is 5.04. The highest BCUT2D eigenvalue weighted by Gasteiger charge is 2.33. The van der Waals surface area contributed by atoms with Crippen LogP contribution in [0.3, 0.4) is 0 Å². The standard InChI is InChI=1S/C15H19F3N2O/c16-15(17,18)10-13(12-6-2-1-3-7-12)19-11-14(21)20-8-4-5-9-20/h1-3,6-7,13,19H,4-5,8-11H2. The van der Waals surface area contributed by atoms with E-state index in [4.69, 9.17) is 0 Å². The first-order chi connectivity index (χ1) is 9.96. The molecule has 2 rings (SSSR count). The van der Waals surface area contributed by atoms with E-state index in [0.717, 1.165) is 12.8 Å². The number of hydrogen-bond donors (Lipinski definition) is 1. The van der Waals surface area contributed by atoms with Crippen molar-refractivity contribution >= 4 is 5.91 Å². The molecule has 1 aromatic rings. The highest BCUT2D eigenvalue weighted by Crippen LogP contribution is 2.29. The summed E-state index contributed by atoms with van der Waals surface area (Å²) >= 11 is 0. The van der Waals surface area contributed by atoms with Crippen LogP contribution in [0.25, 0.3) is 0 Å². The summed E-state index contributed by atoms with van der Waals surface area (Å²) in [6, 6.07) is 7.54. The van der Waals surface area contributed by atoms with Crippen molar-refractivity contribution in [3.8, 4) is 0 Å². The van der Waals surface area contributed by atoms with Crippen molar-refractivity contribution in [3.05, 3.63) is 35.9 Å². The summed E-state index contributed by atoms with van der Waals surface area (Å²) < 4.78 is 38.0. The highest BCUT2D eigenvalue weighted by molar-refractivity contribution is 5.78. The smallest absolute Gasteiger partial charge is 0.342 e. The molecule has 0 bridgehead atoms. The zero-order valence-corrected chi connectivity index (χ0v) is 11.7. The van der Waals surface area contributed by atoms with Crippen molar-refractivity contribution in [1.82, 2.24) is 10.2 Å². The maximum atomic E-state index is 12.7. The van der Waals surface area contributed by atoms with Gasteiger partial charge in [0.15, 0.2) is 0 Å². The number of likely N-dealkylation sites (tertiary alicyclic amines) is 1. The largest absolute Gasteiger partial charge is 0.390 e. The summed E-state index contributed by atoms with van der Waals surface area (Å²) in [5.74, 6) is -0.129. The molecule has 1 N–H and O–H groups in total. The molecule has 0 spiro atoms. The second-order valence-corrected chi connectivity index (χ2v) is 5.25. The maximum absolute atomic E-state index is 12.7. The Morgan fingerprint density at radius 3 is 2.38 bits per heavy atom. The van der Waals surface area contributed by atoms with E-state index >= 15 is 0 Å². The molecule has 6 heteroatoms. The van der Waals surface area contributed by atoms with Crippen LogP contribution in [0, 0.1) is 0 Å². The first-order valence-electron chi connectivity index (χ1n) is 7.08. The number of halogens is 3. The zero-order valence-electron chi connectivity index (χ0n) is 11.7. The van der Waals surface area contributed by atoms with Gasteiger partial charge in [0.25, 0.3) is 0 Å². The fourth-order valence-electron chi connectivity index (χ4n) is 2.51. The summed E-state index contributed by atoms with van der Waals surface area (Å²) in [7, 11) is 0. The minimum atomic E-state index is -4.27. The monoisotopic (exact) mass is 300 g/mol. The lowest BCUT2D eigenvalue weighted by Gasteiger charge is -2.22. The predicted octanol–water partition coefficient (Wildman–Crippen LogP) is 2.89. The molecule has 21 heavy (non-hydrogen) atoms. The second kappa shape index (κ2) is 6.93. The van der Waals surface area contributed by atoms with Crippen LogP contribution in [0.2, 0.25) is 0 Å². The molecule has 1 heterocycles. The first-order valence-corrected chi connectivity index (χ1v) is 7.08. The number of alkyl halides is 3. The fraction of sp³-hybridized carbons (Fsp3) is 0.533. The summed E-state index contributed by atoms with van der Waals surface area (Å²) in [5.41, 5.74) is 0.545. The molecule has 1 saturated heterocycles. The lowest BCUT2D eigenvalue weighted by Crippen LogP contribution is -2.38. The minimum absolute atomic E-state index is 0.0599. The summed E-state index contributed by atoms with van der Waals surface area (Å²) in [6.07, 6.45) is -3.32. The molecule has 1 atom stereocenters. The van der Waals surface area contributed by atoms with Crippen molar-refractivity contribution in [1.29, 1.82) is 0 Å². The van der Waals surface area contributed by atoms with Crippen LogP contribution in [0.4, 0.5) is 13.2 Å². The first kappa shape index (κ1) is 15.8. The number of amides is 1. The van der Waals surface area contributed by atoms with Crippen LogP contribution in [0.1, 0.15) is 30.9 Å². The number of carbonyl (C=O) groups is 1. The molecule has 1 amide bonds. The Morgan fingerprint density at radius 1 is 1.19 bits per heavy atom. The molecule has 1 aliphatic rings. The van der Waals surface area contributed by atoms with Gasteiger partial charge in [-0.2, -0.15) is 13.2 Å². The van der Waals surface area contributed by atoms with Gasteiger partial charge in [0.1, 0.15) is 0 Å². The van der Waals surface area contributed by atoms with Gasteiger partial charge >= 0.3 is 6.18 Å². The van der Waals surface area contributed by atoms with E-state index in [1.54, 1.807) is 35.2 Å². The molecule has 1 aromatic carbocycles. The normalized spacial score (nSPS) is 17.0. The van der Waals surface area contributed by atoms with Crippen LogP contribution in [0.5, 0.6) is 0 Å².